The van der Waals surface area contributed by atoms with E-state index in [4.69, 9.17) is 23.3 Å². The van der Waals surface area contributed by atoms with E-state index >= 15 is 0 Å². The van der Waals surface area contributed by atoms with E-state index in [9.17, 15) is 28.9 Å². The maximum atomic E-state index is 12.9. The van der Waals surface area contributed by atoms with E-state index in [0.717, 1.165) is 128 Å². The molecule has 11 nitrogen and oxygen atoms in total. The molecular formula is C70H107O11P. The molecule has 0 radical (unpaired) electrons. The number of phosphoric acid groups is 1. The van der Waals surface area contributed by atoms with E-state index in [0.29, 0.717) is 32.1 Å². The third kappa shape index (κ3) is 59.2. The highest BCUT2D eigenvalue weighted by atomic mass is 31.2. The summed E-state index contributed by atoms with van der Waals surface area (Å²) in [5.41, 5.74) is 0. The predicted octanol–water partition coefficient (Wildman–Crippen LogP) is 18.8. The maximum absolute atomic E-state index is 12.9. The number of ether oxygens (including phenoxy) is 3. The third-order valence-corrected chi connectivity index (χ3v) is 12.8. The molecule has 0 aliphatic heterocycles. The summed E-state index contributed by atoms with van der Waals surface area (Å²) in [4.78, 5) is 48.7. The zero-order valence-electron chi connectivity index (χ0n) is 50.6. The molecule has 0 amide bonds. The number of carbonyl (C=O) groups is 3. The number of rotatable bonds is 54. The van der Waals surface area contributed by atoms with Crippen LogP contribution in [-0.4, -0.2) is 66.5 Å². The number of carbonyl (C=O) groups excluding carboxylic acids is 3. The topological polar surface area (TPSA) is 155 Å². The molecule has 0 saturated heterocycles. The molecule has 0 bridgehead atoms. The summed E-state index contributed by atoms with van der Waals surface area (Å²) >= 11 is 0. The minimum absolute atomic E-state index is 0.0178. The van der Waals surface area contributed by atoms with Crippen molar-refractivity contribution in [3.8, 4) is 0 Å². The fourth-order valence-corrected chi connectivity index (χ4v) is 8.07. The number of hydrogen-bond donors (Lipinski definition) is 2. The van der Waals surface area contributed by atoms with Gasteiger partial charge in [-0.05, 0) is 135 Å². The summed E-state index contributed by atoms with van der Waals surface area (Å²) < 4.78 is 39.5. The lowest BCUT2D eigenvalue weighted by Gasteiger charge is -2.21. The molecule has 3 unspecified atom stereocenters. The largest absolute Gasteiger partial charge is 0.472 e. The molecule has 2 N–H and O–H groups in total. The van der Waals surface area contributed by atoms with Crippen molar-refractivity contribution in [2.75, 3.05) is 26.4 Å². The number of hydrogen-bond acceptors (Lipinski definition) is 10. The van der Waals surface area contributed by atoms with Crippen LogP contribution in [0.2, 0.25) is 0 Å². The first-order valence-electron chi connectivity index (χ1n) is 30.7. The Morgan fingerprint density at radius 1 is 0.341 bits per heavy atom. The molecule has 0 saturated carbocycles. The number of aliphatic hydroxyl groups excluding tert-OH is 1. The van der Waals surface area contributed by atoms with Crippen LogP contribution in [0.25, 0.3) is 0 Å². The van der Waals surface area contributed by atoms with Gasteiger partial charge in [-0.3, -0.25) is 23.4 Å². The smallest absolute Gasteiger partial charge is 0.462 e. The Labute approximate surface area is 497 Å². The third-order valence-electron chi connectivity index (χ3n) is 11.8. The number of unbranched alkanes of at least 4 members (excludes halogenated alkanes) is 7. The molecule has 3 atom stereocenters. The van der Waals surface area contributed by atoms with Gasteiger partial charge in [0, 0.05) is 19.3 Å². The Kier molecular flexibility index (Phi) is 57.6. The Hall–Kier alpha value is -5.42. The van der Waals surface area contributed by atoms with Gasteiger partial charge < -0.3 is 24.2 Å². The van der Waals surface area contributed by atoms with Gasteiger partial charge >= 0.3 is 25.7 Å². The molecule has 12 heteroatoms. The maximum Gasteiger partial charge on any atom is 0.472 e. The molecule has 82 heavy (non-hydrogen) atoms. The SMILES string of the molecule is CC/C=C\C/C=C\C/C=C\C/C=C\C/C=C\C/C=C\CCC(=O)OC(COC(=O)CCC/C=C\C/C=C\C/C=C\C/C=C\C/C=C\CC)COP(=O)(O)OCC(CO)OC(=O)CCCCCCCC/C=C\C/C=C\C/C=C\C/C=C\CC. The van der Waals surface area contributed by atoms with Gasteiger partial charge in [0.25, 0.3) is 0 Å². The highest BCUT2D eigenvalue weighted by molar-refractivity contribution is 7.47. The fourth-order valence-electron chi connectivity index (χ4n) is 7.29. The second-order valence-corrected chi connectivity index (χ2v) is 20.8. The van der Waals surface area contributed by atoms with Crippen molar-refractivity contribution in [1.82, 2.24) is 0 Å². The molecular weight excluding hydrogens is 1050 g/mol. The Morgan fingerprint density at radius 3 is 1.02 bits per heavy atom. The second-order valence-electron chi connectivity index (χ2n) is 19.4. The van der Waals surface area contributed by atoms with Crippen LogP contribution < -0.4 is 0 Å². The lowest BCUT2D eigenvalue weighted by Crippen LogP contribution is -2.30. The zero-order valence-corrected chi connectivity index (χ0v) is 51.5. The molecule has 0 aromatic heterocycles. The van der Waals surface area contributed by atoms with Crippen LogP contribution in [0.1, 0.15) is 201 Å². The van der Waals surface area contributed by atoms with Crippen LogP contribution in [0, 0.1) is 0 Å². The highest BCUT2D eigenvalue weighted by Gasteiger charge is 2.28. The first-order chi connectivity index (χ1) is 40.2. The number of esters is 3. The van der Waals surface area contributed by atoms with Crippen molar-refractivity contribution in [2.45, 2.75) is 213 Å². The lowest BCUT2D eigenvalue weighted by atomic mass is 10.1. The summed E-state index contributed by atoms with van der Waals surface area (Å²) in [6.45, 7) is 4.11. The average Bonchev–Trinajstić information content (AvgIpc) is 3.50. The Balaban J connectivity index is 4.92. The number of aliphatic hydroxyl groups is 1. The van der Waals surface area contributed by atoms with Crippen LogP contribution in [0.4, 0.5) is 0 Å². The summed E-state index contributed by atoms with van der Waals surface area (Å²) in [6, 6.07) is 0. The van der Waals surface area contributed by atoms with Crippen LogP contribution in [0.5, 0.6) is 0 Å². The van der Waals surface area contributed by atoms with Gasteiger partial charge in [0.05, 0.1) is 19.8 Å². The van der Waals surface area contributed by atoms with Gasteiger partial charge in [0.15, 0.2) is 6.10 Å². The average molecular weight is 1160 g/mol. The first-order valence-corrected chi connectivity index (χ1v) is 32.2. The number of phosphoric ester groups is 1. The molecule has 0 spiro atoms. The van der Waals surface area contributed by atoms with E-state index in [1.165, 1.54) is 0 Å². The van der Waals surface area contributed by atoms with Crippen molar-refractivity contribution >= 4 is 25.7 Å². The molecule has 0 aromatic carbocycles. The Morgan fingerprint density at radius 2 is 0.634 bits per heavy atom. The second kappa shape index (κ2) is 61.6. The molecule has 0 aliphatic rings. The van der Waals surface area contributed by atoms with Crippen LogP contribution in [0.15, 0.2) is 182 Å². The van der Waals surface area contributed by atoms with Crippen LogP contribution in [0.3, 0.4) is 0 Å². The van der Waals surface area contributed by atoms with E-state index in [-0.39, 0.29) is 19.3 Å². The van der Waals surface area contributed by atoms with E-state index in [1.54, 1.807) is 0 Å². The molecule has 458 valence electrons. The summed E-state index contributed by atoms with van der Waals surface area (Å²) in [5, 5.41) is 9.85. The van der Waals surface area contributed by atoms with Crippen LogP contribution >= 0.6 is 7.82 Å². The minimum Gasteiger partial charge on any atom is -0.462 e. The van der Waals surface area contributed by atoms with E-state index < -0.39 is 64.4 Å². The number of allylic oxidation sites excluding steroid dienone is 30. The highest BCUT2D eigenvalue weighted by Crippen LogP contribution is 2.43. The molecule has 0 aliphatic carbocycles. The van der Waals surface area contributed by atoms with Gasteiger partial charge in [-0.25, -0.2) is 4.57 Å². The monoisotopic (exact) mass is 1150 g/mol. The van der Waals surface area contributed by atoms with Crippen LogP contribution in [-0.2, 0) is 42.2 Å². The molecule has 0 heterocycles. The van der Waals surface area contributed by atoms with Crippen molar-refractivity contribution in [1.29, 1.82) is 0 Å². The van der Waals surface area contributed by atoms with E-state index in [2.05, 4.69) is 179 Å². The van der Waals surface area contributed by atoms with Crippen molar-refractivity contribution in [3.63, 3.8) is 0 Å². The van der Waals surface area contributed by atoms with Gasteiger partial charge in [0.2, 0.25) is 0 Å². The lowest BCUT2D eigenvalue weighted by molar-refractivity contribution is -0.161. The van der Waals surface area contributed by atoms with Crippen molar-refractivity contribution < 1.29 is 52.2 Å². The summed E-state index contributed by atoms with van der Waals surface area (Å²) in [6.07, 6.45) is 84.4. The summed E-state index contributed by atoms with van der Waals surface area (Å²) in [7, 11) is -4.80. The van der Waals surface area contributed by atoms with Crippen molar-refractivity contribution in [2.24, 2.45) is 0 Å². The van der Waals surface area contributed by atoms with Gasteiger partial charge in [-0.2, -0.15) is 0 Å². The fraction of sp³-hybridized carbons (Fsp3) is 0.529. The van der Waals surface area contributed by atoms with E-state index in [1.807, 2.05) is 24.3 Å². The van der Waals surface area contributed by atoms with Gasteiger partial charge in [0.1, 0.15) is 12.7 Å². The van der Waals surface area contributed by atoms with Gasteiger partial charge in [-0.15, -0.1) is 0 Å². The minimum atomic E-state index is -4.80. The first kappa shape index (κ1) is 76.6. The molecule has 0 rings (SSSR count). The van der Waals surface area contributed by atoms with Gasteiger partial charge in [-0.1, -0.05) is 229 Å². The Bertz CT molecular complexity index is 2080. The zero-order chi connectivity index (χ0) is 59.8. The molecule has 0 fully saturated rings. The standard InChI is InChI=1S/C70H107O11P/c1-4-7-10-13-16-19-22-25-28-31-33-36-39-42-45-48-51-54-57-60-69(73)80-66(62-71)64-78-82(75,76)79-65-67(63-77-68(72)59-56-53-50-47-44-41-38-35-30-27-24-21-18-15-12-9-6-3)81-70(74)61-58-55-52-49-46-43-40-37-34-32-29-26-23-20-17-14-11-8-5-2/h7-12,16-21,25-30,33-34,36-38,41,43,46-47,50,52,55,66-67,71H,4-6,13-15,22-24,31-32,35,39-40,42,44-45,48-49,51,53-54,56-65H2,1-3H3,(H,75,76)/b10-7-,11-8-,12-9-,19-16-,20-17-,21-18-,28-25-,29-26-,30-27-,36-33-,37-34-,41-38-,46-43-,50-47-,55-52-. The summed E-state index contributed by atoms with van der Waals surface area (Å²) in [5.74, 6) is -1.68. The predicted molar refractivity (Wildman–Crippen MR) is 343 cm³/mol. The van der Waals surface area contributed by atoms with Crippen molar-refractivity contribution in [3.05, 3.63) is 182 Å². The quantitative estimate of drug-likeness (QED) is 0.0197. The molecule has 0 aromatic rings. The normalized spacial score (nSPS) is 14.5.